The maximum Gasteiger partial charge on any atom is 0.495 e. The fourth-order valence-corrected chi connectivity index (χ4v) is 1.77. The number of aromatic hydroxyl groups is 1. The highest BCUT2D eigenvalue weighted by Crippen LogP contribution is 2.13. The van der Waals surface area contributed by atoms with Crippen LogP contribution in [-0.4, -0.2) is 46.5 Å². The monoisotopic (exact) mass is 362 g/mol. The van der Waals surface area contributed by atoms with Gasteiger partial charge in [-0.25, -0.2) is 17.6 Å². The van der Waals surface area contributed by atoms with E-state index < -0.39 is 54.2 Å². The number of hydrogen-bond donors (Lipinski definition) is 5. The van der Waals surface area contributed by atoms with E-state index in [9.17, 15) is 17.6 Å². The second-order valence-electron chi connectivity index (χ2n) is 4.52. The van der Waals surface area contributed by atoms with Crippen molar-refractivity contribution in [3.05, 3.63) is 47.5 Å². The second-order valence-corrected chi connectivity index (χ2v) is 4.52. The van der Waals surface area contributed by atoms with E-state index in [1.165, 1.54) is 7.11 Å². The molecule has 0 atom stereocenters. The minimum atomic E-state index is -2.22. The van der Waals surface area contributed by atoms with Crippen LogP contribution in [0.3, 0.4) is 0 Å². The third kappa shape index (κ3) is 4.86. The standard InChI is InChI=1S/C7H7BF2O3.C6H5BF2O3/c1-13-5-3-2-4(9)7(10)6(5)8(11)12;8-3-1-2-4(10)5(6(3)9)7(11)12/h2-3,11-12H,1H3;1-2,10-12H. The zero-order valence-electron chi connectivity index (χ0n) is 12.6. The minimum Gasteiger partial charge on any atom is -0.508 e. The number of phenols is 1. The van der Waals surface area contributed by atoms with E-state index in [-0.39, 0.29) is 5.75 Å². The van der Waals surface area contributed by atoms with Crippen LogP contribution in [0.4, 0.5) is 17.6 Å². The number of phenolic OH excluding ortho intramolecular Hbond substituents is 1. The Kier molecular flexibility index (Phi) is 7.24. The Morgan fingerprint density at radius 2 is 1.20 bits per heavy atom. The highest BCUT2D eigenvalue weighted by Gasteiger charge is 2.25. The summed E-state index contributed by atoms with van der Waals surface area (Å²) in [6, 6.07) is 3.50. The van der Waals surface area contributed by atoms with Crippen molar-refractivity contribution in [1.82, 2.24) is 0 Å². The molecule has 0 amide bonds. The van der Waals surface area contributed by atoms with Crippen molar-refractivity contribution >= 4 is 25.2 Å². The number of ether oxygens (including phenoxy) is 1. The van der Waals surface area contributed by atoms with Gasteiger partial charge in [0.2, 0.25) is 0 Å². The van der Waals surface area contributed by atoms with Gasteiger partial charge in [0.15, 0.2) is 23.3 Å². The lowest BCUT2D eigenvalue weighted by Gasteiger charge is -2.08. The summed E-state index contributed by atoms with van der Waals surface area (Å²) < 4.78 is 55.2. The molecule has 0 saturated heterocycles. The van der Waals surface area contributed by atoms with E-state index in [1.54, 1.807) is 0 Å². The molecular weight excluding hydrogens is 350 g/mol. The van der Waals surface area contributed by atoms with Crippen LogP contribution in [0.1, 0.15) is 0 Å². The minimum absolute atomic E-state index is 0.103. The molecule has 0 unspecified atom stereocenters. The number of rotatable bonds is 3. The van der Waals surface area contributed by atoms with Crippen molar-refractivity contribution in [3.63, 3.8) is 0 Å². The third-order valence-corrected chi connectivity index (χ3v) is 2.94. The van der Waals surface area contributed by atoms with Crippen molar-refractivity contribution < 1.29 is 47.5 Å². The number of methoxy groups -OCH3 is 1. The first-order valence-corrected chi connectivity index (χ1v) is 6.52. The summed E-state index contributed by atoms with van der Waals surface area (Å²) >= 11 is 0. The summed E-state index contributed by atoms with van der Waals surface area (Å²) in [5, 5.41) is 43.3. The molecule has 2 aromatic carbocycles. The van der Waals surface area contributed by atoms with Crippen LogP contribution in [-0.2, 0) is 0 Å². The highest BCUT2D eigenvalue weighted by molar-refractivity contribution is 6.60. The van der Waals surface area contributed by atoms with Crippen LogP contribution >= 0.6 is 0 Å². The van der Waals surface area contributed by atoms with Gasteiger partial charge >= 0.3 is 14.2 Å². The lowest BCUT2D eigenvalue weighted by Crippen LogP contribution is -2.34. The predicted molar refractivity (Wildman–Crippen MR) is 80.6 cm³/mol. The molecule has 2 rings (SSSR count). The third-order valence-electron chi connectivity index (χ3n) is 2.94. The van der Waals surface area contributed by atoms with Gasteiger partial charge in [0.25, 0.3) is 0 Å². The van der Waals surface area contributed by atoms with E-state index in [2.05, 4.69) is 4.74 Å². The Labute approximate surface area is 139 Å². The number of benzene rings is 2. The van der Waals surface area contributed by atoms with Gasteiger partial charge < -0.3 is 29.9 Å². The topological polar surface area (TPSA) is 110 Å². The molecule has 2 aromatic rings. The average molecular weight is 362 g/mol. The van der Waals surface area contributed by atoms with Crippen molar-refractivity contribution in [1.29, 1.82) is 0 Å². The van der Waals surface area contributed by atoms with Gasteiger partial charge in [-0.3, -0.25) is 0 Å². The van der Waals surface area contributed by atoms with Crippen LogP contribution in [0.2, 0.25) is 0 Å². The molecule has 0 aliphatic heterocycles. The fourth-order valence-electron chi connectivity index (χ4n) is 1.77. The van der Waals surface area contributed by atoms with Gasteiger partial charge in [0.05, 0.1) is 18.0 Å². The van der Waals surface area contributed by atoms with Crippen molar-refractivity contribution in [2.24, 2.45) is 0 Å². The summed E-state index contributed by atoms with van der Waals surface area (Å²) in [4.78, 5) is 0. The van der Waals surface area contributed by atoms with E-state index >= 15 is 0 Å². The summed E-state index contributed by atoms with van der Waals surface area (Å²) in [5.74, 6) is -5.95. The molecule has 0 heterocycles. The molecule has 0 bridgehead atoms. The predicted octanol–water partition coefficient (Wildman–Crippen LogP) is -0.997. The largest absolute Gasteiger partial charge is 0.508 e. The maximum absolute atomic E-state index is 12.9. The SMILES string of the molecule is COc1ccc(F)c(F)c1B(O)O.OB(O)c1c(O)ccc(F)c1F. The number of halogens is 4. The molecule has 0 spiro atoms. The summed E-state index contributed by atoms with van der Waals surface area (Å²) in [5.41, 5.74) is -1.45. The normalized spacial score (nSPS) is 9.96. The van der Waals surface area contributed by atoms with Crippen LogP contribution in [0.15, 0.2) is 24.3 Å². The van der Waals surface area contributed by atoms with Crippen LogP contribution < -0.4 is 15.7 Å². The Morgan fingerprint density at radius 1 is 0.760 bits per heavy atom. The molecule has 0 aliphatic rings. The maximum atomic E-state index is 12.9. The Balaban J connectivity index is 0.000000251. The van der Waals surface area contributed by atoms with Crippen molar-refractivity contribution in [2.45, 2.75) is 0 Å². The molecule has 0 radical (unpaired) electrons. The zero-order chi connectivity index (χ0) is 19.3. The van der Waals surface area contributed by atoms with Crippen LogP contribution in [0, 0.1) is 23.3 Å². The molecule has 25 heavy (non-hydrogen) atoms. The van der Waals surface area contributed by atoms with Crippen LogP contribution in [0.25, 0.3) is 0 Å². The lowest BCUT2D eigenvalue weighted by atomic mass is 9.79. The molecule has 0 aliphatic carbocycles. The molecule has 0 fully saturated rings. The van der Waals surface area contributed by atoms with Crippen molar-refractivity contribution in [3.8, 4) is 11.5 Å². The molecule has 0 aromatic heterocycles. The van der Waals surface area contributed by atoms with Crippen molar-refractivity contribution in [2.75, 3.05) is 7.11 Å². The summed E-state index contributed by atoms with van der Waals surface area (Å²) in [7, 11) is -3.09. The molecule has 134 valence electrons. The van der Waals surface area contributed by atoms with Gasteiger partial charge in [-0.2, -0.15) is 0 Å². The zero-order valence-corrected chi connectivity index (χ0v) is 12.6. The van der Waals surface area contributed by atoms with E-state index in [1.807, 2.05) is 0 Å². The molecule has 5 N–H and O–H groups in total. The van der Waals surface area contributed by atoms with Gasteiger partial charge in [0.1, 0.15) is 11.5 Å². The number of hydrogen-bond acceptors (Lipinski definition) is 6. The Bertz CT molecular complexity index is 745. The molecular formula is C13H12B2F4O6. The Hall–Kier alpha value is -2.27. The second kappa shape index (κ2) is 8.72. The van der Waals surface area contributed by atoms with Gasteiger partial charge in [0, 0.05) is 0 Å². The van der Waals surface area contributed by atoms with Gasteiger partial charge in [-0.05, 0) is 24.3 Å². The first kappa shape index (κ1) is 20.8. The summed E-state index contributed by atoms with van der Waals surface area (Å²) in [6.07, 6.45) is 0. The Morgan fingerprint density at radius 3 is 1.60 bits per heavy atom. The molecule has 12 heteroatoms. The smallest absolute Gasteiger partial charge is 0.495 e. The molecule has 0 saturated carbocycles. The lowest BCUT2D eigenvalue weighted by molar-refractivity contribution is 0.394. The average Bonchev–Trinajstić information content (AvgIpc) is 2.53. The first-order valence-electron chi connectivity index (χ1n) is 6.52. The fraction of sp³-hybridized carbons (Fsp3) is 0.0769. The van der Waals surface area contributed by atoms with Crippen LogP contribution in [0.5, 0.6) is 11.5 Å². The van der Waals surface area contributed by atoms with Gasteiger partial charge in [-0.1, -0.05) is 0 Å². The highest BCUT2D eigenvalue weighted by atomic mass is 19.2. The van der Waals surface area contributed by atoms with E-state index in [0.29, 0.717) is 6.07 Å². The quantitative estimate of drug-likeness (QED) is 0.354. The first-order chi connectivity index (χ1) is 11.6. The van der Waals surface area contributed by atoms with Gasteiger partial charge in [-0.15, -0.1) is 0 Å². The molecule has 6 nitrogen and oxygen atoms in total. The summed E-state index contributed by atoms with van der Waals surface area (Å²) in [6.45, 7) is 0. The van der Waals surface area contributed by atoms with E-state index in [0.717, 1.165) is 18.2 Å². The van der Waals surface area contributed by atoms with E-state index in [4.69, 9.17) is 25.2 Å².